The number of rotatable bonds is 0. The predicted molar refractivity (Wildman–Crippen MR) is 60.7 cm³/mol. The Bertz CT molecular complexity index is 498. The van der Waals surface area contributed by atoms with Crippen molar-refractivity contribution in [3.63, 3.8) is 0 Å². The van der Waals surface area contributed by atoms with Gasteiger partial charge in [0, 0.05) is 6.08 Å². The van der Waals surface area contributed by atoms with Crippen molar-refractivity contribution in [3.8, 4) is 0 Å². The van der Waals surface area contributed by atoms with Gasteiger partial charge in [-0.05, 0) is 37.6 Å². The first-order valence-corrected chi connectivity index (χ1v) is 5.56. The molecule has 0 fully saturated rings. The van der Waals surface area contributed by atoms with E-state index < -0.39 is 11.9 Å². The highest BCUT2D eigenvalue weighted by atomic mass is 16.6. The Morgan fingerprint density at radius 2 is 2.00 bits per heavy atom. The Morgan fingerprint density at radius 1 is 1.24 bits per heavy atom. The molecule has 1 aliphatic carbocycles. The van der Waals surface area contributed by atoms with Crippen LogP contribution in [0.2, 0.25) is 0 Å². The number of allylic oxidation sites excluding steroid dienone is 4. The first kappa shape index (κ1) is 10.5. The van der Waals surface area contributed by atoms with Crippen molar-refractivity contribution >= 4 is 0 Å². The van der Waals surface area contributed by atoms with Gasteiger partial charge in [0.25, 0.3) is 0 Å². The summed E-state index contributed by atoms with van der Waals surface area (Å²) in [6, 6.07) is 0. The SMILES string of the molecule is CC1=C[C@@]2(O)OC(C)=CC3=CC(O)=C[C@@H](O1)[C@@H]32. The second kappa shape index (κ2) is 3.17. The van der Waals surface area contributed by atoms with Crippen molar-refractivity contribution in [3.05, 3.63) is 47.2 Å². The van der Waals surface area contributed by atoms with Crippen LogP contribution in [0.25, 0.3) is 0 Å². The van der Waals surface area contributed by atoms with Crippen LogP contribution >= 0.6 is 0 Å². The maximum atomic E-state index is 10.6. The van der Waals surface area contributed by atoms with Crippen LogP contribution in [0.4, 0.5) is 0 Å². The number of aliphatic hydroxyl groups is 2. The molecule has 0 aromatic heterocycles. The molecule has 2 heterocycles. The molecular weight excluding hydrogens is 220 g/mol. The molecule has 4 heteroatoms. The predicted octanol–water partition coefficient (Wildman–Crippen LogP) is 1.91. The molecule has 0 saturated heterocycles. The third kappa shape index (κ3) is 1.48. The molecule has 17 heavy (non-hydrogen) atoms. The molecule has 0 spiro atoms. The normalized spacial score (nSPS) is 38.8. The van der Waals surface area contributed by atoms with Crippen LogP contribution in [0, 0.1) is 5.92 Å². The zero-order chi connectivity index (χ0) is 12.2. The Morgan fingerprint density at radius 3 is 2.76 bits per heavy atom. The van der Waals surface area contributed by atoms with E-state index in [1.165, 1.54) is 0 Å². The van der Waals surface area contributed by atoms with Crippen molar-refractivity contribution in [1.29, 1.82) is 0 Å². The van der Waals surface area contributed by atoms with Crippen molar-refractivity contribution < 1.29 is 19.7 Å². The third-order valence-corrected chi connectivity index (χ3v) is 3.21. The Kier molecular flexibility index (Phi) is 1.95. The molecule has 0 radical (unpaired) electrons. The van der Waals surface area contributed by atoms with Gasteiger partial charge in [-0.1, -0.05) is 0 Å². The van der Waals surface area contributed by atoms with Crippen LogP contribution in [-0.2, 0) is 9.47 Å². The smallest absolute Gasteiger partial charge is 0.241 e. The number of ether oxygens (including phenoxy) is 2. The summed E-state index contributed by atoms with van der Waals surface area (Å²) in [5.74, 6) is -0.340. The maximum absolute atomic E-state index is 10.6. The summed E-state index contributed by atoms with van der Waals surface area (Å²) in [5.41, 5.74) is 0.824. The van der Waals surface area contributed by atoms with E-state index in [-0.39, 0.29) is 11.7 Å². The lowest BCUT2D eigenvalue weighted by Crippen LogP contribution is -2.51. The molecule has 3 aliphatic rings. The third-order valence-electron chi connectivity index (χ3n) is 3.21. The van der Waals surface area contributed by atoms with Crippen LogP contribution in [0.1, 0.15) is 13.8 Å². The number of aliphatic hydroxyl groups excluding tert-OH is 1. The van der Waals surface area contributed by atoms with E-state index >= 15 is 0 Å². The molecule has 0 aromatic carbocycles. The minimum atomic E-state index is -1.38. The van der Waals surface area contributed by atoms with E-state index in [0.717, 1.165) is 5.57 Å². The Labute approximate surface area is 99.2 Å². The summed E-state index contributed by atoms with van der Waals surface area (Å²) in [6.07, 6.45) is 6.22. The Hall–Kier alpha value is -1.68. The largest absolute Gasteiger partial charge is 0.508 e. The van der Waals surface area contributed by atoms with E-state index in [0.29, 0.717) is 11.5 Å². The maximum Gasteiger partial charge on any atom is 0.241 e. The fraction of sp³-hybridized carbons (Fsp3) is 0.385. The van der Waals surface area contributed by atoms with Crippen LogP contribution in [0.5, 0.6) is 0 Å². The van der Waals surface area contributed by atoms with E-state index in [1.807, 2.05) is 6.08 Å². The molecule has 2 aliphatic heterocycles. The van der Waals surface area contributed by atoms with Gasteiger partial charge < -0.3 is 19.7 Å². The highest BCUT2D eigenvalue weighted by Gasteiger charge is 2.51. The van der Waals surface area contributed by atoms with Gasteiger partial charge in [-0.3, -0.25) is 0 Å². The first-order valence-electron chi connectivity index (χ1n) is 5.56. The number of hydrogen-bond donors (Lipinski definition) is 2. The number of hydrogen-bond acceptors (Lipinski definition) is 4. The van der Waals surface area contributed by atoms with Crippen LogP contribution in [0.15, 0.2) is 47.2 Å². The van der Waals surface area contributed by atoms with Gasteiger partial charge in [0.1, 0.15) is 11.9 Å². The molecular formula is C13H14O4. The van der Waals surface area contributed by atoms with E-state index in [9.17, 15) is 10.2 Å². The highest BCUT2D eigenvalue weighted by Crippen LogP contribution is 2.45. The minimum absolute atomic E-state index is 0.157. The average molecular weight is 234 g/mol. The quantitative estimate of drug-likeness (QED) is 0.672. The van der Waals surface area contributed by atoms with Crippen LogP contribution < -0.4 is 0 Å². The van der Waals surface area contributed by atoms with Crippen molar-refractivity contribution in [2.45, 2.75) is 25.7 Å². The highest BCUT2D eigenvalue weighted by molar-refractivity contribution is 5.42. The standard InChI is InChI=1S/C13H14O4/c1-7-3-9-4-10(14)5-11-12(9)13(15,17-7)6-8(2)16-11/h3-6,11-12,14-15H,1-2H3/t11-,12-,13-/m1/s1. The van der Waals surface area contributed by atoms with Crippen molar-refractivity contribution in [2.75, 3.05) is 0 Å². The zero-order valence-corrected chi connectivity index (χ0v) is 9.68. The fourth-order valence-corrected chi connectivity index (χ4v) is 2.72. The van der Waals surface area contributed by atoms with Crippen molar-refractivity contribution in [1.82, 2.24) is 0 Å². The summed E-state index contributed by atoms with van der Waals surface area (Å²) >= 11 is 0. The van der Waals surface area contributed by atoms with Gasteiger partial charge >= 0.3 is 0 Å². The molecule has 0 aromatic rings. The Balaban J connectivity index is 2.18. The van der Waals surface area contributed by atoms with E-state index in [2.05, 4.69) is 0 Å². The van der Waals surface area contributed by atoms with Crippen LogP contribution in [0.3, 0.4) is 0 Å². The first-order chi connectivity index (χ1) is 7.98. The van der Waals surface area contributed by atoms with E-state index in [4.69, 9.17) is 9.47 Å². The zero-order valence-electron chi connectivity index (χ0n) is 9.68. The molecule has 2 N–H and O–H groups in total. The summed E-state index contributed by atoms with van der Waals surface area (Å²) in [6.45, 7) is 3.53. The fourth-order valence-electron chi connectivity index (χ4n) is 2.72. The van der Waals surface area contributed by atoms with Gasteiger partial charge in [-0.25, -0.2) is 0 Å². The second-order valence-corrected chi connectivity index (χ2v) is 4.66. The summed E-state index contributed by atoms with van der Waals surface area (Å²) < 4.78 is 11.1. The van der Waals surface area contributed by atoms with Gasteiger partial charge in [0.15, 0.2) is 0 Å². The molecule has 0 unspecified atom stereocenters. The average Bonchev–Trinajstić information content (AvgIpc) is 2.11. The second-order valence-electron chi connectivity index (χ2n) is 4.66. The minimum Gasteiger partial charge on any atom is -0.508 e. The topological polar surface area (TPSA) is 58.9 Å². The van der Waals surface area contributed by atoms with Gasteiger partial charge in [-0.15, -0.1) is 0 Å². The van der Waals surface area contributed by atoms with Crippen LogP contribution in [-0.4, -0.2) is 22.1 Å². The van der Waals surface area contributed by atoms with Gasteiger partial charge in [0.05, 0.1) is 17.4 Å². The molecule has 0 bridgehead atoms. The lowest BCUT2D eigenvalue weighted by molar-refractivity contribution is -0.202. The summed E-state index contributed by atoms with van der Waals surface area (Å²) in [5, 5.41) is 20.2. The van der Waals surface area contributed by atoms with Gasteiger partial charge in [-0.2, -0.15) is 0 Å². The molecule has 3 rings (SSSR count). The molecule has 0 amide bonds. The summed E-state index contributed by atoms with van der Waals surface area (Å²) in [4.78, 5) is 0. The van der Waals surface area contributed by atoms with Crippen molar-refractivity contribution in [2.24, 2.45) is 5.92 Å². The molecule has 90 valence electrons. The summed E-state index contributed by atoms with van der Waals surface area (Å²) in [7, 11) is 0. The lowest BCUT2D eigenvalue weighted by atomic mass is 9.78. The van der Waals surface area contributed by atoms with Gasteiger partial charge in [0.2, 0.25) is 5.79 Å². The molecule has 3 atom stereocenters. The molecule has 0 saturated carbocycles. The monoisotopic (exact) mass is 234 g/mol. The molecule has 4 nitrogen and oxygen atoms in total. The lowest BCUT2D eigenvalue weighted by Gasteiger charge is -2.45. The van der Waals surface area contributed by atoms with E-state index in [1.54, 1.807) is 32.1 Å².